The summed E-state index contributed by atoms with van der Waals surface area (Å²) in [5, 5.41) is 9.02. The van der Waals surface area contributed by atoms with Crippen molar-refractivity contribution in [3.8, 4) is 0 Å². The van der Waals surface area contributed by atoms with Crippen LogP contribution < -0.4 is 0 Å². The summed E-state index contributed by atoms with van der Waals surface area (Å²) >= 11 is 0. The fourth-order valence-electron chi connectivity index (χ4n) is 2.39. The SMILES string of the molecule is O=C(O)CC(CS(=O)(=O)N1CCOCC1)c1ccccc1. The van der Waals surface area contributed by atoms with Crippen LogP contribution in [0.4, 0.5) is 0 Å². The summed E-state index contributed by atoms with van der Waals surface area (Å²) in [7, 11) is -3.49. The van der Waals surface area contributed by atoms with Gasteiger partial charge in [0.25, 0.3) is 0 Å². The van der Waals surface area contributed by atoms with Crippen LogP contribution in [0.15, 0.2) is 30.3 Å². The topological polar surface area (TPSA) is 83.9 Å². The molecule has 0 bridgehead atoms. The Morgan fingerprint density at radius 3 is 2.43 bits per heavy atom. The van der Waals surface area contributed by atoms with Crippen molar-refractivity contribution in [1.82, 2.24) is 4.31 Å². The van der Waals surface area contributed by atoms with E-state index >= 15 is 0 Å². The van der Waals surface area contributed by atoms with Crippen molar-refractivity contribution in [3.05, 3.63) is 35.9 Å². The molecule has 1 aliphatic heterocycles. The van der Waals surface area contributed by atoms with E-state index in [0.29, 0.717) is 26.3 Å². The average molecular weight is 313 g/mol. The highest BCUT2D eigenvalue weighted by atomic mass is 32.2. The molecule has 1 aromatic carbocycles. The summed E-state index contributed by atoms with van der Waals surface area (Å²) in [6.45, 7) is 1.43. The molecule has 0 aromatic heterocycles. The molecule has 0 radical (unpaired) electrons. The van der Waals surface area contributed by atoms with Crippen LogP contribution in [0.5, 0.6) is 0 Å². The van der Waals surface area contributed by atoms with E-state index < -0.39 is 21.9 Å². The van der Waals surface area contributed by atoms with Gasteiger partial charge in [-0.25, -0.2) is 8.42 Å². The predicted octanol–water partition coefficient (Wildman–Crippen LogP) is 0.907. The third-order valence-corrected chi connectivity index (χ3v) is 5.44. The van der Waals surface area contributed by atoms with Gasteiger partial charge >= 0.3 is 5.97 Å². The van der Waals surface area contributed by atoms with Gasteiger partial charge in [0.15, 0.2) is 0 Å². The maximum absolute atomic E-state index is 12.4. The van der Waals surface area contributed by atoms with Gasteiger partial charge in [-0.15, -0.1) is 0 Å². The fraction of sp³-hybridized carbons (Fsp3) is 0.500. The molecule has 116 valence electrons. The molecule has 0 aliphatic carbocycles. The number of sulfonamides is 1. The van der Waals surface area contributed by atoms with E-state index in [0.717, 1.165) is 5.56 Å². The predicted molar refractivity (Wildman–Crippen MR) is 77.6 cm³/mol. The lowest BCUT2D eigenvalue weighted by atomic mass is 9.98. The van der Waals surface area contributed by atoms with Crippen LogP contribution in [0.25, 0.3) is 0 Å². The van der Waals surface area contributed by atoms with Crippen molar-refractivity contribution >= 4 is 16.0 Å². The first-order valence-electron chi connectivity index (χ1n) is 6.81. The van der Waals surface area contributed by atoms with Crippen molar-refractivity contribution in [1.29, 1.82) is 0 Å². The molecule has 6 nitrogen and oxygen atoms in total. The van der Waals surface area contributed by atoms with E-state index in [1.807, 2.05) is 6.07 Å². The highest BCUT2D eigenvalue weighted by molar-refractivity contribution is 7.89. The largest absolute Gasteiger partial charge is 0.481 e. The second kappa shape index (κ2) is 7.02. The highest BCUT2D eigenvalue weighted by Crippen LogP contribution is 2.23. The van der Waals surface area contributed by atoms with E-state index in [-0.39, 0.29) is 12.2 Å². The van der Waals surface area contributed by atoms with Crippen LogP contribution in [0.3, 0.4) is 0 Å². The molecular weight excluding hydrogens is 294 g/mol. The fourth-order valence-corrected chi connectivity index (χ4v) is 4.13. The molecule has 7 heteroatoms. The van der Waals surface area contributed by atoms with Gasteiger partial charge in [0.05, 0.1) is 25.4 Å². The number of rotatable bonds is 6. The van der Waals surface area contributed by atoms with Crippen molar-refractivity contribution < 1.29 is 23.1 Å². The first-order chi connectivity index (χ1) is 9.99. The Morgan fingerprint density at radius 1 is 1.24 bits per heavy atom. The Bertz CT molecular complexity index is 566. The van der Waals surface area contributed by atoms with Gasteiger partial charge in [0.2, 0.25) is 10.0 Å². The van der Waals surface area contributed by atoms with Gasteiger partial charge in [-0.2, -0.15) is 4.31 Å². The van der Waals surface area contributed by atoms with Crippen LogP contribution in [0, 0.1) is 0 Å². The summed E-state index contributed by atoms with van der Waals surface area (Å²) in [6, 6.07) is 8.92. The lowest BCUT2D eigenvalue weighted by Crippen LogP contribution is -2.42. The van der Waals surface area contributed by atoms with Crippen molar-refractivity contribution in [2.45, 2.75) is 12.3 Å². The van der Waals surface area contributed by atoms with Crippen molar-refractivity contribution in [3.63, 3.8) is 0 Å². The number of hydrogen-bond donors (Lipinski definition) is 1. The molecule has 2 rings (SSSR count). The molecule has 1 unspecified atom stereocenters. The van der Waals surface area contributed by atoms with Gasteiger partial charge in [0, 0.05) is 19.0 Å². The minimum atomic E-state index is -3.49. The number of benzene rings is 1. The van der Waals surface area contributed by atoms with Crippen LogP contribution in [-0.2, 0) is 19.6 Å². The lowest BCUT2D eigenvalue weighted by Gasteiger charge is -2.27. The number of ether oxygens (including phenoxy) is 1. The van der Waals surface area contributed by atoms with Crippen molar-refractivity contribution in [2.24, 2.45) is 0 Å². The van der Waals surface area contributed by atoms with Crippen LogP contribution in [-0.4, -0.2) is 55.9 Å². The molecule has 1 aliphatic rings. The Balaban J connectivity index is 2.16. The zero-order valence-electron chi connectivity index (χ0n) is 11.6. The summed E-state index contributed by atoms with van der Waals surface area (Å²) in [5.41, 5.74) is 0.733. The number of morpholine rings is 1. The standard InChI is InChI=1S/C14H19NO5S/c16-14(17)10-13(12-4-2-1-3-5-12)11-21(18,19)15-6-8-20-9-7-15/h1-5,13H,6-11H2,(H,16,17). The average Bonchev–Trinajstić information content (AvgIpc) is 2.48. The van der Waals surface area contributed by atoms with E-state index in [4.69, 9.17) is 9.84 Å². The van der Waals surface area contributed by atoms with E-state index in [1.165, 1.54) is 4.31 Å². The molecule has 1 saturated heterocycles. The Labute approximate surface area is 124 Å². The highest BCUT2D eigenvalue weighted by Gasteiger charge is 2.29. The van der Waals surface area contributed by atoms with E-state index in [9.17, 15) is 13.2 Å². The van der Waals surface area contributed by atoms with Gasteiger partial charge in [0.1, 0.15) is 0 Å². The van der Waals surface area contributed by atoms with Gasteiger partial charge in [-0.1, -0.05) is 30.3 Å². The third-order valence-electron chi connectivity index (χ3n) is 3.47. The quantitative estimate of drug-likeness (QED) is 0.844. The summed E-state index contributed by atoms with van der Waals surface area (Å²) in [5.74, 6) is -1.74. The second-order valence-corrected chi connectivity index (χ2v) is 7.01. The molecule has 0 saturated carbocycles. The summed E-state index contributed by atoms with van der Waals surface area (Å²) in [4.78, 5) is 11.0. The second-order valence-electron chi connectivity index (χ2n) is 5.00. The van der Waals surface area contributed by atoms with Gasteiger partial charge in [-0.3, -0.25) is 4.79 Å². The van der Waals surface area contributed by atoms with Crippen LogP contribution in [0.1, 0.15) is 17.9 Å². The van der Waals surface area contributed by atoms with Crippen LogP contribution >= 0.6 is 0 Å². The monoisotopic (exact) mass is 313 g/mol. The first kappa shape index (κ1) is 15.9. The Hall–Kier alpha value is -1.44. The minimum absolute atomic E-state index is 0.191. The maximum atomic E-state index is 12.4. The number of carbonyl (C=O) groups is 1. The number of carboxylic acid groups (broad SMARTS) is 1. The summed E-state index contributed by atoms with van der Waals surface area (Å²) < 4.78 is 31.4. The first-order valence-corrected chi connectivity index (χ1v) is 8.42. The molecule has 0 amide bonds. The molecular formula is C14H19NO5S. The summed E-state index contributed by atoms with van der Waals surface area (Å²) in [6.07, 6.45) is -0.201. The van der Waals surface area contributed by atoms with Crippen LogP contribution in [0.2, 0.25) is 0 Å². The molecule has 1 fully saturated rings. The molecule has 1 aromatic rings. The maximum Gasteiger partial charge on any atom is 0.303 e. The zero-order valence-corrected chi connectivity index (χ0v) is 12.5. The molecule has 1 heterocycles. The minimum Gasteiger partial charge on any atom is -0.481 e. The molecule has 21 heavy (non-hydrogen) atoms. The molecule has 0 spiro atoms. The normalized spacial score (nSPS) is 18.3. The smallest absolute Gasteiger partial charge is 0.303 e. The Morgan fingerprint density at radius 2 is 1.86 bits per heavy atom. The van der Waals surface area contributed by atoms with E-state index in [2.05, 4.69) is 0 Å². The number of hydrogen-bond acceptors (Lipinski definition) is 4. The molecule has 1 atom stereocenters. The van der Waals surface area contributed by atoms with E-state index in [1.54, 1.807) is 24.3 Å². The Kier molecular flexibility index (Phi) is 5.33. The number of nitrogens with zero attached hydrogens (tertiary/aromatic N) is 1. The zero-order chi connectivity index (χ0) is 15.3. The number of carboxylic acids is 1. The number of aliphatic carboxylic acids is 1. The molecule has 1 N–H and O–H groups in total. The lowest BCUT2D eigenvalue weighted by molar-refractivity contribution is -0.137. The van der Waals surface area contributed by atoms with Gasteiger partial charge < -0.3 is 9.84 Å². The third kappa shape index (κ3) is 4.52. The van der Waals surface area contributed by atoms with Crippen molar-refractivity contribution in [2.75, 3.05) is 32.1 Å². The van der Waals surface area contributed by atoms with Gasteiger partial charge in [-0.05, 0) is 5.56 Å².